The lowest BCUT2D eigenvalue weighted by Crippen LogP contribution is -2.41. The van der Waals surface area contributed by atoms with Crippen LogP contribution in [0.4, 0.5) is 5.69 Å². The summed E-state index contributed by atoms with van der Waals surface area (Å²) in [5.41, 5.74) is 2.83. The van der Waals surface area contributed by atoms with Gasteiger partial charge in [0.1, 0.15) is 18.1 Å². The SMILES string of the molecule is Cc1ccc2c(c1)=C[N+]([O-])(c1cccc(B3OC(C)(C)C(C)(C)O3)c1C)C=2. The summed E-state index contributed by atoms with van der Waals surface area (Å²) in [7, 11) is -0.478. The number of hydrogen-bond donors (Lipinski definition) is 0. The Morgan fingerprint density at radius 1 is 0.889 bits per heavy atom. The molecule has 0 saturated carbocycles. The normalized spacial score (nSPS) is 25.1. The average Bonchev–Trinajstić information content (AvgIpc) is 3.00. The molecule has 140 valence electrons. The molecule has 0 amide bonds. The zero-order valence-electron chi connectivity index (χ0n) is 16.9. The fourth-order valence-corrected chi connectivity index (χ4v) is 3.76. The van der Waals surface area contributed by atoms with E-state index < -0.39 is 23.0 Å². The van der Waals surface area contributed by atoms with Gasteiger partial charge in [0.25, 0.3) is 0 Å². The Hall–Kier alpha value is -1.92. The van der Waals surface area contributed by atoms with Crippen LogP contribution in [0.3, 0.4) is 0 Å². The number of benzene rings is 2. The predicted octanol–water partition coefficient (Wildman–Crippen LogP) is 2.60. The third kappa shape index (κ3) is 2.86. The molecular formula is C22H26BNO3. The molecule has 1 atom stereocenters. The second-order valence-corrected chi connectivity index (χ2v) is 8.68. The molecule has 0 radical (unpaired) electrons. The Morgan fingerprint density at radius 3 is 2.19 bits per heavy atom. The number of hydroxylamine groups is 2. The van der Waals surface area contributed by atoms with Crippen LogP contribution in [0.1, 0.15) is 38.8 Å². The van der Waals surface area contributed by atoms with Crippen LogP contribution in [0.2, 0.25) is 0 Å². The van der Waals surface area contributed by atoms with Gasteiger partial charge in [0, 0.05) is 22.1 Å². The van der Waals surface area contributed by atoms with Gasteiger partial charge in [-0.2, -0.15) is 0 Å². The summed E-state index contributed by atoms with van der Waals surface area (Å²) in [5.74, 6) is 0. The summed E-state index contributed by atoms with van der Waals surface area (Å²) >= 11 is 0. The van der Waals surface area contributed by atoms with Crippen molar-refractivity contribution < 1.29 is 9.31 Å². The van der Waals surface area contributed by atoms with Gasteiger partial charge in [-0.1, -0.05) is 23.8 Å². The molecule has 2 aliphatic heterocycles. The van der Waals surface area contributed by atoms with Crippen molar-refractivity contribution in [2.24, 2.45) is 0 Å². The maximum Gasteiger partial charge on any atom is 0.495 e. The van der Waals surface area contributed by atoms with Gasteiger partial charge >= 0.3 is 7.12 Å². The highest BCUT2D eigenvalue weighted by atomic mass is 16.7. The van der Waals surface area contributed by atoms with Gasteiger partial charge in [-0.25, -0.2) is 0 Å². The van der Waals surface area contributed by atoms with E-state index in [-0.39, 0.29) is 0 Å². The Labute approximate surface area is 161 Å². The molecule has 1 unspecified atom stereocenters. The molecular weight excluding hydrogens is 337 g/mol. The first-order valence-corrected chi connectivity index (χ1v) is 9.40. The Bertz CT molecular complexity index is 1030. The number of hydrogen-bond acceptors (Lipinski definition) is 3. The van der Waals surface area contributed by atoms with Crippen molar-refractivity contribution in [2.45, 2.75) is 52.7 Å². The molecule has 2 aliphatic rings. The average molecular weight is 363 g/mol. The summed E-state index contributed by atoms with van der Waals surface area (Å²) in [4.78, 5) is 0. The Morgan fingerprint density at radius 2 is 1.52 bits per heavy atom. The maximum absolute atomic E-state index is 13.7. The van der Waals surface area contributed by atoms with E-state index in [1.807, 2.05) is 71.9 Å². The van der Waals surface area contributed by atoms with E-state index in [1.54, 1.807) is 12.4 Å². The van der Waals surface area contributed by atoms with Crippen LogP contribution in [0.15, 0.2) is 36.4 Å². The van der Waals surface area contributed by atoms with Crippen LogP contribution in [0, 0.1) is 19.1 Å². The van der Waals surface area contributed by atoms with Crippen LogP contribution in [0.25, 0.3) is 12.4 Å². The first kappa shape index (κ1) is 18.4. The highest BCUT2D eigenvalue weighted by Crippen LogP contribution is 2.37. The van der Waals surface area contributed by atoms with Crippen LogP contribution >= 0.6 is 0 Å². The number of quaternary nitrogens is 1. The van der Waals surface area contributed by atoms with Crippen molar-refractivity contribution >= 4 is 30.7 Å². The molecule has 4 nitrogen and oxygen atoms in total. The molecule has 4 rings (SSSR count). The van der Waals surface area contributed by atoms with Gasteiger partial charge in [0.15, 0.2) is 0 Å². The van der Waals surface area contributed by atoms with Crippen molar-refractivity contribution in [3.8, 4) is 0 Å². The summed E-state index contributed by atoms with van der Waals surface area (Å²) in [5, 5.41) is 15.6. The molecule has 1 saturated heterocycles. The molecule has 2 heterocycles. The Balaban J connectivity index is 1.78. The van der Waals surface area contributed by atoms with Crippen molar-refractivity contribution in [3.63, 3.8) is 0 Å². The molecule has 0 aromatic heterocycles. The van der Waals surface area contributed by atoms with Crippen molar-refractivity contribution in [1.82, 2.24) is 4.65 Å². The van der Waals surface area contributed by atoms with Crippen LogP contribution in [-0.4, -0.2) is 18.3 Å². The van der Waals surface area contributed by atoms with Crippen LogP contribution in [0.5, 0.6) is 0 Å². The quantitative estimate of drug-likeness (QED) is 0.468. The molecule has 0 spiro atoms. The summed E-state index contributed by atoms with van der Waals surface area (Å²) in [6.45, 7) is 12.2. The lowest BCUT2D eigenvalue weighted by Gasteiger charge is -2.34. The smallest absolute Gasteiger partial charge is 0.495 e. The molecule has 5 heteroatoms. The van der Waals surface area contributed by atoms with Gasteiger partial charge < -0.3 is 14.5 Å². The minimum absolute atomic E-state index is 0.413. The maximum atomic E-state index is 13.7. The number of fused-ring (bicyclic) bond motifs is 1. The zero-order chi connectivity index (χ0) is 19.6. The molecule has 27 heavy (non-hydrogen) atoms. The number of aryl methyl sites for hydroxylation is 1. The van der Waals surface area contributed by atoms with Crippen LogP contribution < -0.4 is 20.5 Å². The lowest BCUT2D eigenvalue weighted by molar-refractivity contribution is 0.00578. The van der Waals surface area contributed by atoms with Gasteiger partial charge in [-0.15, -0.1) is 0 Å². The molecule has 1 fully saturated rings. The van der Waals surface area contributed by atoms with Gasteiger partial charge in [-0.3, -0.25) is 4.65 Å². The minimum Gasteiger partial charge on any atom is -0.617 e. The van der Waals surface area contributed by atoms with Crippen molar-refractivity contribution in [2.75, 3.05) is 0 Å². The van der Waals surface area contributed by atoms with Crippen molar-refractivity contribution in [3.05, 3.63) is 63.2 Å². The largest absolute Gasteiger partial charge is 0.617 e. The minimum atomic E-state index is -0.599. The second kappa shape index (κ2) is 5.79. The van der Waals surface area contributed by atoms with Crippen LogP contribution in [-0.2, 0) is 9.31 Å². The molecule has 2 aromatic carbocycles. The summed E-state index contributed by atoms with van der Waals surface area (Å²) in [6.07, 6.45) is 3.52. The highest BCUT2D eigenvalue weighted by Gasteiger charge is 2.52. The van der Waals surface area contributed by atoms with E-state index in [0.29, 0.717) is 5.69 Å². The van der Waals surface area contributed by atoms with Gasteiger partial charge in [-0.05, 0) is 59.1 Å². The topological polar surface area (TPSA) is 41.5 Å². The lowest BCUT2D eigenvalue weighted by atomic mass is 9.75. The molecule has 0 aliphatic carbocycles. The molecule has 2 aromatic rings. The first-order chi connectivity index (χ1) is 12.5. The van der Waals surface area contributed by atoms with E-state index in [0.717, 1.165) is 27.0 Å². The Kier molecular flexibility index (Phi) is 3.96. The molecule has 0 bridgehead atoms. The second-order valence-electron chi connectivity index (χ2n) is 8.68. The highest BCUT2D eigenvalue weighted by molar-refractivity contribution is 6.62. The third-order valence-electron chi connectivity index (χ3n) is 6.13. The number of rotatable bonds is 2. The predicted molar refractivity (Wildman–Crippen MR) is 111 cm³/mol. The fourth-order valence-electron chi connectivity index (χ4n) is 3.76. The first-order valence-electron chi connectivity index (χ1n) is 9.40. The van der Waals surface area contributed by atoms with E-state index in [4.69, 9.17) is 9.31 Å². The standard InChI is InChI=1S/C22H26BNO3/c1-15-10-11-17-13-24(25,14-18(17)12-15)20-9-7-8-19(16(20)2)23-26-21(3,4)22(5,6)27-23/h7-14H,1-6H3. The van der Waals surface area contributed by atoms with E-state index >= 15 is 0 Å². The fraction of sp³-hybridized carbons (Fsp3) is 0.364. The monoisotopic (exact) mass is 363 g/mol. The van der Waals surface area contributed by atoms with Gasteiger partial charge in [0.05, 0.1) is 11.2 Å². The molecule has 0 N–H and O–H groups in total. The van der Waals surface area contributed by atoms with Gasteiger partial charge in [0.2, 0.25) is 0 Å². The zero-order valence-corrected chi connectivity index (χ0v) is 16.9. The summed E-state index contributed by atoms with van der Waals surface area (Å²) in [6, 6.07) is 11.9. The van der Waals surface area contributed by atoms with E-state index in [2.05, 4.69) is 6.07 Å². The summed E-state index contributed by atoms with van der Waals surface area (Å²) < 4.78 is 11.8. The van der Waals surface area contributed by atoms with E-state index in [9.17, 15) is 5.21 Å². The number of nitrogens with zero attached hydrogens (tertiary/aromatic N) is 1. The van der Waals surface area contributed by atoms with E-state index in [1.165, 1.54) is 0 Å². The van der Waals surface area contributed by atoms with Crippen molar-refractivity contribution in [1.29, 1.82) is 0 Å². The third-order valence-corrected chi connectivity index (χ3v) is 6.13.